The SMILES string of the molecule is CC1=CC=C2C1=PC(C)=C2c1cccc2ccccc12. The molecule has 2 aromatic carbocycles. The summed E-state index contributed by atoms with van der Waals surface area (Å²) in [6, 6.07) is 15.3. The number of hydrogen-bond donors (Lipinski definition) is 0. The molecule has 20 heavy (non-hydrogen) atoms. The van der Waals surface area contributed by atoms with Crippen molar-refractivity contribution in [3.05, 3.63) is 76.6 Å². The predicted molar refractivity (Wildman–Crippen MR) is 90.3 cm³/mol. The molecule has 0 radical (unpaired) electrons. The molecule has 96 valence electrons. The molecule has 2 aromatic rings. The molecule has 1 heteroatoms. The van der Waals surface area contributed by atoms with Gasteiger partial charge in [-0.15, -0.1) is 0 Å². The quantitative estimate of drug-likeness (QED) is 0.595. The van der Waals surface area contributed by atoms with Crippen LogP contribution in [0.15, 0.2) is 71.1 Å². The zero-order chi connectivity index (χ0) is 13.7. The van der Waals surface area contributed by atoms with E-state index in [1.807, 2.05) is 0 Å². The molecule has 2 aliphatic rings. The van der Waals surface area contributed by atoms with E-state index < -0.39 is 0 Å². The maximum absolute atomic E-state index is 2.28. The lowest BCUT2D eigenvalue weighted by Crippen LogP contribution is -1.97. The average Bonchev–Trinajstić information content (AvgIpc) is 2.98. The molecule has 0 saturated heterocycles. The average molecular weight is 274 g/mol. The molecular weight excluding hydrogens is 259 g/mol. The van der Waals surface area contributed by atoms with E-state index in [0.29, 0.717) is 0 Å². The summed E-state index contributed by atoms with van der Waals surface area (Å²) < 4.78 is 0. The van der Waals surface area contributed by atoms with Gasteiger partial charge in [-0.1, -0.05) is 62.8 Å². The van der Waals surface area contributed by atoms with Crippen molar-refractivity contribution >= 4 is 29.8 Å². The van der Waals surface area contributed by atoms with Gasteiger partial charge in [-0.2, -0.15) is 0 Å². The third-order valence-corrected chi connectivity index (χ3v) is 5.47. The van der Waals surface area contributed by atoms with Crippen molar-refractivity contribution in [1.29, 1.82) is 0 Å². The van der Waals surface area contributed by atoms with Crippen molar-refractivity contribution in [3.63, 3.8) is 0 Å². The molecule has 0 bridgehead atoms. The molecule has 1 aliphatic carbocycles. The van der Waals surface area contributed by atoms with Gasteiger partial charge in [-0.25, -0.2) is 0 Å². The fourth-order valence-electron chi connectivity index (χ4n) is 3.13. The van der Waals surface area contributed by atoms with Crippen LogP contribution in [0, 0.1) is 0 Å². The van der Waals surface area contributed by atoms with E-state index in [4.69, 9.17) is 0 Å². The summed E-state index contributed by atoms with van der Waals surface area (Å²) in [4.78, 5) is 0. The molecule has 0 nitrogen and oxygen atoms in total. The molecule has 4 rings (SSSR count). The molecule has 0 atom stereocenters. The Morgan fingerprint density at radius 1 is 0.850 bits per heavy atom. The number of rotatable bonds is 1. The van der Waals surface area contributed by atoms with E-state index >= 15 is 0 Å². The maximum atomic E-state index is 2.28. The van der Waals surface area contributed by atoms with E-state index in [0.717, 1.165) is 0 Å². The van der Waals surface area contributed by atoms with Crippen molar-refractivity contribution in [2.24, 2.45) is 0 Å². The number of allylic oxidation sites excluding steroid dienone is 6. The van der Waals surface area contributed by atoms with Crippen molar-refractivity contribution in [3.8, 4) is 0 Å². The predicted octanol–water partition coefficient (Wildman–Crippen LogP) is 5.59. The third-order valence-electron chi connectivity index (χ3n) is 4.10. The Morgan fingerprint density at radius 3 is 2.55 bits per heavy atom. The zero-order valence-electron chi connectivity index (χ0n) is 11.6. The molecule has 1 aliphatic heterocycles. The Bertz CT molecular complexity index is 855. The largest absolute Gasteiger partial charge is 0.0636 e. The van der Waals surface area contributed by atoms with E-state index in [1.165, 1.54) is 51.9 Å². The molecule has 0 saturated carbocycles. The van der Waals surface area contributed by atoms with Gasteiger partial charge in [0, 0.05) is 5.29 Å². The summed E-state index contributed by atoms with van der Waals surface area (Å²) in [7, 11) is 1.37. The number of hydrogen-bond acceptors (Lipinski definition) is 0. The lowest BCUT2D eigenvalue weighted by molar-refractivity contribution is 1.60. The maximum Gasteiger partial charge on any atom is 0.0129 e. The number of fused-ring (bicyclic) bond motifs is 2. The Kier molecular flexibility index (Phi) is 2.55. The first-order valence-electron chi connectivity index (χ1n) is 6.93. The first-order valence-corrected chi connectivity index (χ1v) is 7.82. The van der Waals surface area contributed by atoms with Crippen LogP contribution >= 0.6 is 8.20 Å². The molecule has 1 heterocycles. The normalized spacial score (nSPS) is 18.0. The van der Waals surface area contributed by atoms with E-state index in [9.17, 15) is 0 Å². The van der Waals surface area contributed by atoms with Crippen molar-refractivity contribution < 1.29 is 0 Å². The minimum atomic E-state index is 1.32. The van der Waals surface area contributed by atoms with Crippen LogP contribution in [0.5, 0.6) is 0 Å². The third kappa shape index (κ3) is 1.58. The van der Waals surface area contributed by atoms with Crippen LogP contribution in [-0.4, -0.2) is 5.29 Å². The van der Waals surface area contributed by atoms with Gasteiger partial charge in [0.2, 0.25) is 0 Å². The highest BCUT2D eigenvalue weighted by Gasteiger charge is 2.25. The molecule has 0 spiro atoms. The van der Waals surface area contributed by atoms with Gasteiger partial charge in [0.15, 0.2) is 0 Å². The molecular formula is C19H15P. The zero-order valence-corrected chi connectivity index (χ0v) is 12.5. The second-order valence-electron chi connectivity index (χ2n) is 5.38. The van der Waals surface area contributed by atoms with Crippen LogP contribution in [0.4, 0.5) is 0 Å². The van der Waals surface area contributed by atoms with E-state index in [2.05, 4.69) is 68.5 Å². The lowest BCUT2D eigenvalue weighted by Gasteiger charge is -2.11. The van der Waals surface area contributed by atoms with Gasteiger partial charge in [0.25, 0.3) is 0 Å². The van der Waals surface area contributed by atoms with Crippen LogP contribution in [0.3, 0.4) is 0 Å². The highest BCUT2D eigenvalue weighted by atomic mass is 31.1. The first-order chi connectivity index (χ1) is 9.75. The highest BCUT2D eigenvalue weighted by Crippen LogP contribution is 2.46. The minimum absolute atomic E-state index is 1.32. The van der Waals surface area contributed by atoms with Gasteiger partial charge >= 0.3 is 0 Å². The van der Waals surface area contributed by atoms with Crippen molar-refractivity contribution in [2.45, 2.75) is 13.8 Å². The van der Waals surface area contributed by atoms with Gasteiger partial charge in [-0.05, 0) is 52.2 Å². The van der Waals surface area contributed by atoms with Crippen LogP contribution in [0.25, 0.3) is 16.3 Å². The van der Waals surface area contributed by atoms with Gasteiger partial charge in [0.05, 0.1) is 0 Å². The molecule has 0 amide bonds. The fraction of sp³-hybridized carbons (Fsp3) is 0.105. The van der Waals surface area contributed by atoms with Crippen LogP contribution in [-0.2, 0) is 0 Å². The summed E-state index contributed by atoms with van der Waals surface area (Å²) in [6.45, 7) is 4.48. The summed E-state index contributed by atoms with van der Waals surface area (Å²) in [5, 5.41) is 5.63. The Labute approximate surface area is 120 Å². The van der Waals surface area contributed by atoms with Crippen molar-refractivity contribution in [2.75, 3.05) is 0 Å². The summed E-state index contributed by atoms with van der Waals surface area (Å²) in [5.74, 6) is 0. The summed E-state index contributed by atoms with van der Waals surface area (Å²) in [6.07, 6.45) is 4.53. The van der Waals surface area contributed by atoms with Gasteiger partial charge < -0.3 is 0 Å². The van der Waals surface area contributed by atoms with E-state index in [1.54, 1.807) is 0 Å². The molecule has 0 N–H and O–H groups in total. The summed E-state index contributed by atoms with van der Waals surface area (Å²) in [5.41, 5.74) is 5.65. The Hall–Kier alpha value is -1.91. The van der Waals surface area contributed by atoms with Crippen LogP contribution in [0.1, 0.15) is 19.4 Å². The second-order valence-corrected chi connectivity index (χ2v) is 6.72. The fourth-order valence-corrected chi connectivity index (χ4v) is 4.38. The van der Waals surface area contributed by atoms with Gasteiger partial charge in [-0.3, -0.25) is 0 Å². The molecule has 0 unspecified atom stereocenters. The molecule has 0 fully saturated rings. The smallest absolute Gasteiger partial charge is 0.0129 e. The van der Waals surface area contributed by atoms with Crippen LogP contribution in [0.2, 0.25) is 0 Å². The van der Waals surface area contributed by atoms with Gasteiger partial charge in [0.1, 0.15) is 0 Å². The number of benzene rings is 2. The lowest BCUT2D eigenvalue weighted by atomic mass is 9.92. The molecule has 0 aromatic heterocycles. The summed E-state index contributed by atoms with van der Waals surface area (Å²) >= 11 is 0. The minimum Gasteiger partial charge on any atom is -0.0636 e. The topological polar surface area (TPSA) is 0 Å². The highest BCUT2D eigenvalue weighted by molar-refractivity contribution is 7.48. The van der Waals surface area contributed by atoms with Crippen molar-refractivity contribution in [1.82, 2.24) is 0 Å². The van der Waals surface area contributed by atoms with Crippen LogP contribution < -0.4 is 0 Å². The Balaban J connectivity index is 1.96. The second kappa shape index (κ2) is 4.30. The Morgan fingerprint density at radius 2 is 1.65 bits per heavy atom. The standard InChI is InChI=1S/C19H15P/c1-12-10-11-17-18(13(2)20-19(12)17)16-9-5-7-14-6-3-4-8-15(14)16/h3-11H,1-2H3. The van der Waals surface area contributed by atoms with E-state index in [-0.39, 0.29) is 0 Å². The first kappa shape index (κ1) is 11.9. The monoisotopic (exact) mass is 274 g/mol.